The maximum atomic E-state index is 12.5. The van der Waals surface area contributed by atoms with E-state index < -0.39 is 20.0 Å². The fourth-order valence-corrected chi connectivity index (χ4v) is 6.01. The number of anilines is 1. The molecule has 3 aromatic rings. The highest BCUT2D eigenvalue weighted by atomic mass is 31.2. The number of ether oxygens (including phenoxy) is 1. The Labute approximate surface area is 292 Å². The first-order valence-corrected chi connectivity index (χ1v) is 18.5. The molecule has 0 aliphatic carbocycles. The van der Waals surface area contributed by atoms with Gasteiger partial charge in [-0.3, -0.25) is 0 Å². The van der Waals surface area contributed by atoms with Gasteiger partial charge in [0.05, 0.1) is 31.5 Å². The first-order chi connectivity index (χ1) is 23.8. The minimum atomic E-state index is -2.06. The van der Waals surface area contributed by atoms with Crippen LogP contribution in [-0.2, 0) is 26.8 Å². The lowest BCUT2D eigenvalue weighted by atomic mass is 9.99. The molecule has 0 aliphatic heterocycles. The monoisotopic (exact) mass is 700 g/mol. The van der Waals surface area contributed by atoms with E-state index in [0.29, 0.717) is 30.8 Å². The van der Waals surface area contributed by atoms with E-state index in [1.807, 2.05) is 12.1 Å². The third kappa shape index (κ3) is 16.4. The van der Waals surface area contributed by atoms with Gasteiger partial charge in [0.2, 0.25) is 0 Å². The number of halogens is 1. The van der Waals surface area contributed by atoms with Crippen LogP contribution in [-0.4, -0.2) is 50.5 Å². The van der Waals surface area contributed by atoms with Gasteiger partial charge in [-0.25, -0.2) is 13.9 Å². The fraction of sp³-hybridized carbons (Fsp3) is 0.611. The number of aliphatic hydroxyl groups is 1. The van der Waals surface area contributed by atoms with Crippen molar-refractivity contribution >= 4 is 19.9 Å². The van der Waals surface area contributed by atoms with E-state index in [1.165, 1.54) is 103 Å². The molecule has 4 N–H and O–H groups in total. The standard InChI is InChI=1S/C28H48N5O4P.C8H6FNO/c1-3-4-5-6-7-8-9-10-11-12-13-14-15-16-21-36-38(34)37-23-28(22-29,35-2)20-19-25-17-18-26-27(30)31-24-32-33(25)26;9-8-2-6(4-10)1-7(3-8)5-11/h17-18,24,34H,3-16,19-21,23H2,1-2H3,(H2,30,31,32);1-3,11H,5H2. The number of benzene rings is 1. The number of unbranched alkanes of at least 4 members (excludes halogenated alkanes) is 13. The third-order valence-electron chi connectivity index (χ3n) is 8.32. The molecule has 2 unspecified atom stereocenters. The second kappa shape index (κ2) is 24.8. The summed E-state index contributed by atoms with van der Waals surface area (Å²) in [5.41, 5.74) is 6.93. The summed E-state index contributed by atoms with van der Waals surface area (Å²) in [6.45, 7) is 2.39. The summed E-state index contributed by atoms with van der Waals surface area (Å²) in [6.07, 6.45) is 20.4. The zero-order chi connectivity index (χ0) is 35.7. The number of rotatable bonds is 24. The van der Waals surface area contributed by atoms with Gasteiger partial charge < -0.3 is 29.5 Å². The van der Waals surface area contributed by atoms with Crippen molar-refractivity contribution in [3.63, 3.8) is 0 Å². The first-order valence-electron chi connectivity index (χ1n) is 17.4. The van der Waals surface area contributed by atoms with Crippen molar-refractivity contribution in [1.29, 1.82) is 10.5 Å². The molecule has 0 saturated carbocycles. The van der Waals surface area contributed by atoms with Crippen LogP contribution < -0.4 is 5.73 Å². The molecule has 0 saturated heterocycles. The Morgan fingerprint density at radius 3 is 2.14 bits per heavy atom. The van der Waals surface area contributed by atoms with Crippen LogP contribution in [0.25, 0.3) is 5.52 Å². The molecular weight excluding hydrogens is 646 g/mol. The van der Waals surface area contributed by atoms with E-state index >= 15 is 0 Å². The van der Waals surface area contributed by atoms with Crippen LogP contribution in [0.15, 0.2) is 36.7 Å². The normalized spacial score (nSPS) is 12.9. The number of hydrogen-bond donors (Lipinski definition) is 3. The van der Waals surface area contributed by atoms with Crippen molar-refractivity contribution < 1.29 is 28.2 Å². The maximum absolute atomic E-state index is 12.5. The molecule has 1 aromatic carbocycles. The van der Waals surface area contributed by atoms with E-state index in [1.54, 1.807) is 10.6 Å². The van der Waals surface area contributed by atoms with Crippen molar-refractivity contribution in [2.24, 2.45) is 0 Å². The van der Waals surface area contributed by atoms with Gasteiger partial charge in [-0.2, -0.15) is 15.6 Å². The molecule has 49 heavy (non-hydrogen) atoms. The largest absolute Gasteiger partial charge is 0.392 e. The molecule has 13 heteroatoms. The van der Waals surface area contributed by atoms with E-state index in [4.69, 9.17) is 29.9 Å². The molecule has 2 aromatic heterocycles. The summed E-state index contributed by atoms with van der Waals surface area (Å²) in [4.78, 5) is 14.1. The zero-order valence-corrected chi connectivity index (χ0v) is 30.1. The van der Waals surface area contributed by atoms with Crippen molar-refractivity contribution in [3.8, 4) is 12.1 Å². The summed E-state index contributed by atoms with van der Waals surface area (Å²) < 4.78 is 30.7. The van der Waals surface area contributed by atoms with Gasteiger partial charge in [0.15, 0.2) is 11.4 Å². The molecule has 2 heterocycles. The minimum Gasteiger partial charge on any atom is -0.392 e. The number of aromatic nitrogens is 3. The van der Waals surface area contributed by atoms with E-state index in [9.17, 15) is 14.5 Å². The predicted molar refractivity (Wildman–Crippen MR) is 189 cm³/mol. The highest BCUT2D eigenvalue weighted by Gasteiger charge is 2.32. The molecule has 0 amide bonds. The van der Waals surface area contributed by atoms with Gasteiger partial charge in [-0.05, 0) is 55.2 Å². The molecule has 0 fully saturated rings. The van der Waals surface area contributed by atoms with E-state index in [2.05, 4.69) is 23.1 Å². The van der Waals surface area contributed by atoms with Gasteiger partial charge >= 0.3 is 8.60 Å². The lowest BCUT2D eigenvalue weighted by Crippen LogP contribution is -2.35. The van der Waals surface area contributed by atoms with Crippen LogP contribution in [0.4, 0.5) is 10.2 Å². The van der Waals surface area contributed by atoms with Gasteiger partial charge in [0.25, 0.3) is 0 Å². The zero-order valence-electron chi connectivity index (χ0n) is 29.2. The summed E-state index contributed by atoms with van der Waals surface area (Å²) in [7, 11) is -0.589. The topological polar surface area (TPSA) is 172 Å². The quantitative estimate of drug-likeness (QED) is 0.0613. The molecule has 11 nitrogen and oxygen atoms in total. The minimum absolute atomic E-state index is 0.0820. The van der Waals surface area contributed by atoms with Crippen LogP contribution in [0.2, 0.25) is 0 Å². The summed E-state index contributed by atoms with van der Waals surface area (Å²) >= 11 is 0. The number of nitriles is 2. The van der Waals surface area contributed by atoms with Crippen molar-refractivity contribution in [1.82, 2.24) is 14.6 Å². The average molecular weight is 701 g/mol. The Morgan fingerprint density at radius 2 is 1.57 bits per heavy atom. The van der Waals surface area contributed by atoms with Crippen molar-refractivity contribution in [3.05, 3.63) is 59.3 Å². The number of nitrogen functional groups attached to an aromatic ring is 1. The molecule has 0 spiro atoms. The molecule has 0 aliphatic rings. The molecule has 0 bridgehead atoms. The van der Waals surface area contributed by atoms with Crippen LogP contribution in [0.1, 0.15) is 120 Å². The lowest BCUT2D eigenvalue weighted by molar-refractivity contribution is -0.0108. The Kier molecular flexibility index (Phi) is 21.3. The molecule has 3 rings (SSSR count). The van der Waals surface area contributed by atoms with Crippen LogP contribution in [0.3, 0.4) is 0 Å². The highest BCUT2D eigenvalue weighted by Crippen LogP contribution is 2.35. The predicted octanol–water partition coefficient (Wildman–Crippen LogP) is 8.08. The summed E-state index contributed by atoms with van der Waals surface area (Å²) in [5.74, 6) is -0.0946. The van der Waals surface area contributed by atoms with Crippen molar-refractivity contribution in [2.75, 3.05) is 26.1 Å². The summed E-state index contributed by atoms with van der Waals surface area (Å²) in [5, 5.41) is 31.0. The van der Waals surface area contributed by atoms with Crippen LogP contribution in [0.5, 0.6) is 0 Å². The van der Waals surface area contributed by atoms with Crippen LogP contribution in [0, 0.1) is 28.5 Å². The Morgan fingerprint density at radius 1 is 0.939 bits per heavy atom. The molecule has 2 atom stereocenters. The number of nitrogens with zero attached hydrogens (tertiary/aromatic N) is 5. The Hall–Kier alpha value is -3.22. The Balaban J connectivity index is 0.000000639. The van der Waals surface area contributed by atoms with Gasteiger partial charge in [0, 0.05) is 12.8 Å². The number of fused-ring (bicyclic) bond motifs is 1. The lowest BCUT2D eigenvalue weighted by Gasteiger charge is -2.25. The average Bonchev–Trinajstić information content (AvgIpc) is 3.54. The number of aliphatic hydroxyl groups excluding tert-OH is 1. The van der Waals surface area contributed by atoms with Gasteiger partial charge in [0.1, 0.15) is 23.7 Å². The van der Waals surface area contributed by atoms with Crippen LogP contribution >= 0.6 is 8.60 Å². The van der Waals surface area contributed by atoms with E-state index in [0.717, 1.165) is 30.1 Å². The van der Waals surface area contributed by atoms with Crippen molar-refractivity contribution in [2.45, 2.75) is 122 Å². The second-order valence-electron chi connectivity index (χ2n) is 12.1. The SMILES string of the molecule is CCCCCCCCCCCCCCCCOP(O)OCC(C#N)(CCc1ccc2c(N)ncnn12)OC.N#Cc1cc(F)cc(CO)c1. The van der Waals surface area contributed by atoms with Gasteiger partial charge in [-0.15, -0.1) is 0 Å². The molecular formula is C36H54FN6O5P. The number of hydrogen-bond acceptors (Lipinski definition) is 10. The first kappa shape index (κ1) is 41.9. The Bertz CT molecular complexity index is 1430. The number of methoxy groups -OCH3 is 1. The second-order valence-corrected chi connectivity index (χ2v) is 13.1. The molecule has 0 radical (unpaired) electrons. The number of nitrogens with two attached hydrogens (primary N) is 1. The highest BCUT2D eigenvalue weighted by molar-refractivity contribution is 7.40. The third-order valence-corrected chi connectivity index (χ3v) is 9.07. The van der Waals surface area contributed by atoms with E-state index in [-0.39, 0.29) is 18.8 Å². The fourth-order valence-electron chi connectivity index (χ4n) is 5.34. The summed E-state index contributed by atoms with van der Waals surface area (Å²) in [6, 6.07) is 11.5. The van der Waals surface area contributed by atoms with Gasteiger partial charge in [-0.1, -0.05) is 90.4 Å². The smallest absolute Gasteiger partial charge is 0.329 e. The maximum Gasteiger partial charge on any atom is 0.329 e. The molecule has 270 valence electrons. The number of aryl methyl sites for hydroxylation is 1.